The molecule has 1 N–H and O–H groups in total. The summed E-state index contributed by atoms with van der Waals surface area (Å²) in [6.45, 7) is 4.88. The van der Waals surface area contributed by atoms with Gasteiger partial charge >= 0.3 is 0 Å². The first-order valence-corrected chi connectivity index (χ1v) is 9.08. The standard InChI is InChI=1S/C20H28N2O3/c1-4-5-12-25-18-7-6-17(13-16(18)14-21)22-19(23)20(24-3)10-8-15(2)9-11-20/h6-7,13,15H,4-5,8-12H2,1-3H3,(H,22,23). The molecule has 5 heteroatoms. The topological polar surface area (TPSA) is 71.3 Å². The summed E-state index contributed by atoms with van der Waals surface area (Å²) in [6, 6.07) is 7.31. The smallest absolute Gasteiger partial charge is 0.256 e. The number of nitrogens with one attached hydrogen (secondary N) is 1. The number of unbranched alkanes of at least 4 members (excludes halogenated alkanes) is 1. The summed E-state index contributed by atoms with van der Waals surface area (Å²) in [7, 11) is 1.60. The predicted molar refractivity (Wildman–Crippen MR) is 97.6 cm³/mol. The third kappa shape index (κ3) is 4.73. The molecule has 0 bridgehead atoms. The molecule has 1 aromatic carbocycles. The lowest BCUT2D eigenvalue weighted by atomic mass is 9.79. The van der Waals surface area contributed by atoms with Crippen molar-refractivity contribution < 1.29 is 14.3 Å². The quantitative estimate of drug-likeness (QED) is 0.750. The molecule has 1 saturated carbocycles. The van der Waals surface area contributed by atoms with Crippen LogP contribution in [0.4, 0.5) is 5.69 Å². The van der Waals surface area contributed by atoms with Crippen LogP contribution in [0.1, 0.15) is 57.9 Å². The first-order valence-electron chi connectivity index (χ1n) is 9.08. The van der Waals surface area contributed by atoms with Gasteiger partial charge in [-0.2, -0.15) is 5.26 Å². The van der Waals surface area contributed by atoms with Crippen molar-refractivity contribution in [3.8, 4) is 11.8 Å². The molecule has 0 unspecified atom stereocenters. The van der Waals surface area contributed by atoms with Crippen molar-refractivity contribution in [1.82, 2.24) is 0 Å². The molecule has 0 atom stereocenters. The van der Waals surface area contributed by atoms with E-state index in [0.29, 0.717) is 29.5 Å². The molecular formula is C20H28N2O3. The molecule has 0 spiro atoms. The zero-order valence-electron chi connectivity index (χ0n) is 15.4. The molecule has 1 aliphatic rings. The molecule has 0 aromatic heterocycles. The van der Waals surface area contributed by atoms with E-state index in [1.165, 1.54) is 0 Å². The minimum absolute atomic E-state index is 0.134. The van der Waals surface area contributed by atoms with Crippen LogP contribution in [0.2, 0.25) is 0 Å². The van der Waals surface area contributed by atoms with Crippen molar-refractivity contribution in [3.63, 3.8) is 0 Å². The highest BCUT2D eigenvalue weighted by atomic mass is 16.5. The van der Waals surface area contributed by atoms with Gasteiger partial charge in [0.2, 0.25) is 0 Å². The number of amides is 1. The number of carbonyl (C=O) groups excluding carboxylic acids is 1. The van der Waals surface area contributed by atoms with E-state index in [-0.39, 0.29) is 5.91 Å². The van der Waals surface area contributed by atoms with Crippen molar-refractivity contribution in [3.05, 3.63) is 23.8 Å². The minimum Gasteiger partial charge on any atom is -0.492 e. The second-order valence-electron chi connectivity index (χ2n) is 6.86. The molecule has 136 valence electrons. The fourth-order valence-corrected chi connectivity index (χ4v) is 3.14. The van der Waals surface area contributed by atoms with Gasteiger partial charge in [0.15, 0.2) is 0 Å². The molecule has 2 rings (SSSR count). The van der Waals surface area contributed by atoms with Gasteiger partial charge in [0.05, 0.1) is 12.2 Å². The van der Waals surface area contributed by atoms with Gasteiger partial charge in [-0.25, -0.2) is 0 Å². The number of nitrogens with zero attached hydrogens (tertiary/aromatic N) is 1. The number of hydrogen-bond acceptors (Lipinski definition) is 4. The first-order chi connectivity index (χ1) is 12.0. The van der Waals surface area contributed by atoms with Crippen LogP contribution in [-0.2, 0) is 9.53 Å². The molecule has 1 fully saturated rings. The van der Waals surface area contributed by atoms with Gasteiger partial charge in [-0.3, -0.25) is 4.79 Å². The zero-order chi connectivity index (χ0) is 18.3. The molecule has 0 heterocycles. The van der Waals surface area contributed by atoms with Gasteiger partial charge in [-0.1, -0.05) is 20.3 Å². The fraction of sp³-hybridized carbons (Fsp3) is 0.600. The van der Waals surface area contributed by atoms with Gasteiger partial charge < -0.3 is 14.8 Å². The van der Waals surface area contributed by atoms with Gasteiger partial charge in [-0.15, -0.1) is 0 Å². The Bertz CT molecular complexity index is 628. The Hall–Kier alpha value is -2.06. The van der Waals surface area contributed by atoms with Crippen LogP contribution in [0.25, 0.3) is 0 Å². The van der Waals surface area contributed by atoms with Gasteiger partial charge in [0, 0.05) is 12.8 Å². The number of ether oxygens (including phenoxy) is 2. The molecule has 1 amide bonds. The number of benzene rings is 1. The monoisotopic (exact) mass is 344 g/mol. The molecule has 0 radical (unpaired) electrons. The molecule has 0 aliphatic heterocycles. The molecule has 1 aromatic rings. The summed E-state index contributed by atoms with van der Waals surface area (Å²) in [6.07, 6.45) is 5.38. The van der Waals surface area contributed by atoms with Crippen molar-refractivity contribution >= 4 is 11.6 Å². The van der Waals surface area contributed by atoms with E-state index in [4.69, 9.17) is 9.47 Å². The lowest BCUT2D eigenvalue weighted by Gasteiger charge is -2.36. The van der Waals surface area contributed by atoms with Crippen molar-refractivity contribution in [2.75, 3.05) is 19.0 Å². The Kier molecular flexibility index (Phi) is 6.83. The summed E-state index contributed by atoms with van der Waals surface area (Å²) in [4.78, 5) is 12.8. The average molecular weight is 344 g/mol. The molecule has 25 heavy (non-hydrogen) atoms. The zero-order valence-corrected chi connectivity index (χ0v) is 15.4. The van der Waals surface area contributed by atoms with E-state index in [2.05, 4.69) is 25.2 Å². The van der Waals surface area contributed by atoms with Crippen LogP contribution in [0.15, 0.2) is 18.2 Å². The number of nitriles is 1. The maximum absolute atomic E-state index is 12.8. The van der Waals surface area contributed by atoms with Crippen LogP contribution in [-0.4, -0.2) is 25.2 Å². The van der Waals surface area contributed by atoms with Crippen LogP contribution in [0, 0.1) is 17.2 Å². The molecule has 5 nitrogen and oxygen atoms in total. The first kappa shape index (κ1) is 19.3. The van der Waals surface area contributed by atoms with Gasteiger partial charge in [0.1, 0.15) is 17.4 Å². The van der Waals surface area contributed by atoms with Crippen molar-refractivity contribution in [2.45, 2.75) is 58.0 Å². The number of hydrogen-bond donors (Lipinski definition) is 1. The SMILES string of the molecule is CCCCOc1ccc(NC(=O)C2(OC)CCC(C)CC2)cc1C#N. The second kappa shape index (κ2) is 8.87. The van der Waals surface area contributed by atoms with E-state index < -0.39 is 5.60 Å². The Morgan fingerprint density at radius 2 is 2.12 bits per heavy atom. The lowest BCUT2D eigenvalue weighted by Crippen LogP contribution is -2.47. The average Bonchev–Trinajstić information content (AvgIpc) is 2.63. The van der Waals surface area contributed by atoms with Gasteiger partial charge in [0.25, 0.3) is 5.91 Å². The summed E-state index contributed by atoms with van der Waals surface area (Å²) < 4.78 is 11.2. The van der Waals surface area contributed by atoms with E-state index in [0.717, 1.165) is 38.5 Å². The summed E-state index contributed by atoms with van der Waals surface area (Å²) >= 11 is 0. The number of anilines is 1. The number of rotatable bonds is 7. The predicted octanol–water partition coefficient (Wildman–Crippen LogP) is 4.27. The molecule has 1 aliphatic carbocycles. The maximum atomic E-state index is 12.8. The fourth-order valence-electron chi connectivity index (χ4n) is 3.14. The Balaban J connectivity index is 2.08. The summed E-state index contributed by atoms with van der Waals surface area (Å²) in [5.41, 5.74) is 0.257. The summed E-state index contributed by atoms with van der Waals surface area (Å²) in [5.74, 6) is 1.05. The number of methoxy groups -OCH3 is 1. The molecule has 0 saturated heterocycles. The van der Waals surface area contributed by atoms with E-state index in [1.807, 2.05) is 0 Å². The largest absolute Gasteiger partial charge is 0.492 e. The van der Waals surface area contributed by atoms with Crippen molar-refractivity contribution in [1.29, 1.82) is 5.26 Å². The van der Waals surface area contributed by atoms with Crippen LogP contribution in [0.3, 0.4) is 0 Å². The third-order valence-electron chi connectivity index (χ3n) is 5.00. The Morgan fingerprint density at radius 3 is 2.72 bits per heavy atom. The number of carbonyl (C=O) groups is 1. The third-order valence-corrected chi connectivity index (χ3v) is 5.00. The second-order valence-corrected chi connectivity index (χ2v) is 6.86. The van der Waals surface area contributed by atoms with Gasteiger partial charge in [-0.05, 0) is 56.2 Å². The van der Waals surface area contributed by atoms with Crippen LogP contribution >= 0.6 is 0 Å². The van der Waals surface area contributed by atoms with E-state index in [1.54, 1.807) is 25.3 Å². The van der Waals surface area contributed by atoms with E-state index >= 15 is 0 Å². The Morgan fingerprint density at radius 1 is 1.40 bits per heavy atom. The maximum Gasteiger partial charge on any atom is 0.256 e. The minimum atomic E-state index is -0.768. The van der Waals surface area contributed by atoms with Crippen molar-refractivity contribution in [2.24, 2.45) is 5.92 Å². The van der Waals surface area contributed by atoms with E-state index in [9.17, 15) is 10.1 Å². The lowest BCUT2D eigenvalue weighted by molar-refractivity contribution is -0.142. The molecular weight excluding hydrogens is 316 g/mol. The normalized spacial score (nSPS) is 22.9. The highest BCUT2D eigenvalue weighted by Gasteiger charge is 2.41. The van der Waals surface area contributed by atoms with Crippen LogP contribution in [0.5, 0.6) is 5.75 Å². The highest BCUT2D eigenvalue weighted by molar-refractivity contribution is 5.97. The van der Waals surface area contributed by atoms with Crippen LogP contribution < -0.4 is 10.1 Å². The summed E-state index contributed by atoms with van der Waals surface area (Å²) in [5, 5.41) is 12.3. The highest BCUT2D eigenvalue weighted by Crippen LogP contribution is 2.35. The Labute approximate surface area is 150 Å².